The predicted molar refractivity (Wildman–Crippen MR) is 113 cm³/mol. The monoisotopic (exact) mass is 402 g/mol. The minimum atomic E-state index is -0.579. The molecular weight excluding hydrogens is 380 g/mol. The molecule has 0 saturated carbocycles. The average Bonchev–Trinajstić information content (AvgIpc) is 3.29. The van der Waals surface area contributed by atoms with Gasteiger partial charge in [-0.3, -0.25) is 14.4 Å². The third-order valence-corrected chi connectivity index (χ3v) is 5.17. The number of amides is 2. The van der Waals surface area contributed by atoms with Gasteiger partial charge in [0.1, 0.15) is 5.76 Å². The fraction of sp³-hybridized carbons (Fsp3) is 0.208. The Morgan fingerprint density at radius 2 is 1.87 bits per heavy atom. The number of carbonyl (C=O) groups is 3. The number of likely N-dealkylation sites (tertiary alicyclic amines) is 1. The molecule has 6 nitrogen and oxygen atoms in total. The van der Waals surface area contributed by atoms with E-state index in [0.29, 0.717) is 17.0 Å². The summed E-state index contributed by atoms with van der Waals surface area (Å²) in [6.45, 7) is 2.18. The molecule has 1 unspecified atom stereocenters. The highest BCUT2D eigenvalue weighted by atomic mass is 16.3. The first-order chi connectivity index (χ1) is 14.5. The standard InChI is InChI=1S/C24H22N2O4/c1-16-7-9-20(10-8-16)25-23(28)19-13-21(27)15-26(14-19)24(29)18-5-2-4-17(12-18)22-6-3-11-30-22/h2-12,19H,13-15H2,1H3,(H,25,28). The van der Waals surface area contributed by atoms with Gasteiger partial charge in [-0.15, -0.1) is 0 Å². The Morgan fingerprint density at radius 1 is 1.07 bits per heavy atom. The van der Waals surface area contributed by atoms with Crippen molar-refractivity contribution < 1.29 is 18.8 Å². The molecule has 0 spiro atoms. The molecule has 1 fully saturated rings. The molecular formula is C24H22N2O4. The first-order valence-electron chi connectivity index (χ1n) is 9.82. The molecule has 1 aliphatic rings. The van der Waals surface area contributed by atoms with Crippen molar-refractivity contribution >= 4 is 23.3 Å². The minimum Gasteiger partial charge on any atom is -0.464 e. The van der Waals surface area contributed by atoms with Crippen LogP contribution in [0.5, 0.6) is 0 Å². The summed E-state index contributed by atoms with van der Waals surface area (Å²) in [4.78, 5) is 39.5. The van der Waals surface area contributed by atoms with Crippen molar-refractivity contribution in [1.29, 1.82) is 0 Å². The van der Waals surface area contributed by atoms with Crippen LogP contribution in [0, 0.1) is 12.8 Å². The lowest BCUT2D eigenvalue weighted by atomic mass is 9.95. The smallest absolute Gasteiger partial charge is 0.254 e. The van der Waals surface area contributed by atoms with Crippen molar-refractivity contribution in [1.82, 2.24) is 4.90 Å². The molecule has 1 aliphatic heterocycles. The zero-order valence-electron chi connectivity index (χ0n) is 16.6. The maximum absolute atomic E-state index is 13.0. The number of furan rings is 1. The summed E-state index contributed by atoms with van der Waals surface area (Å²) in [6.07, 6.45) is 1.71. The lowest BCUT2D eigenvalue weighted by Crippen LogP contribution is -2.47. The Balaban J connectivity index is 1.48. The van der Waals surface area contributed by atoms with Crippen molar-refractivity contribution in [3.05, 3.63) is 78.1 Å². The molecule has 4 rings (SSSR count). The number of aryl methyl sites for hydroxylation is 1. The number of ketones is 1. The Hall–Kier alpha value is -3.67. The quantitative estimate of drug-likeness (QED) is 0.717. The van der Waals surface area contributed by atoms with Gasteiger partial charge < -0.3 is 14.6 Å². The van der Waals surface area contributed by atoms with Crippen molar-refractivity contribution in [3.8, 4) is 11.3 Å². The molecule has 6 heteroatoms. The highest BCUT2D eigenvalue weighted by molar-refractivity contribution is 6.01. The Kier molecular flexibility index (Phi) is 5.48. The van der Waals surface area contributed by atoms with Gasteiger partial charge in [0.25, 0.3) is 5.91 Å². The number of nitrogens with one attached hydrogen (secondary N) is 1. The maximum atomic E-state index is 13.0. The normalized spacial score (nSPS) is 16.4. The molecule has 1 N–H and O–H groups in total. The summed E-state index contributed by atoms with van der Waals surface area (Å²) >= 11 is 0. The number of anilines is 1. The predicted octanol–water partition coefficient (Wildman–Crippen LogP) is 3.92. The fourth-order valence-electron chi connectivity index (χ4n) is 3.59. The van der Waals surface area contributed by atoms with E-state index in [4.69, 9.17) is 4.42 Å². The molecule has 0 bridgehead atoms. The SMILES string of the molecule is Cc1ccc(NC(=O)C2CC(=O)CN(C(=O)c3cccc(-c4ccco4)c3)C2)cc1. The number of Topliss-reactive ketones (excluding diaryl/α,β-unsaturated/α-hetero) is 1. The number of hydrogen-bond acceptors (Lipinski definition) is 4. The number of benzene rings is 2. The van der Waals surface area contributed by atoms with Crippen molar-refractivity contribution in [2.24, 2.45) is 5.92 Å². The zero-order chi connectivity index (χ0) is 21.1. The third-order valence-electron chi connectivity index (χ3n) is 5.17. The van der Waals surface area contributed by atoms with Crippen LogP contribution < -0.4 is 5.32 Å². The van der Waals surface area contributed by atoms with Gasteiger partial charge in [-0.1, -0.05) is 29.8 Å². The van der Waals surface area contributed by atoms with Gasteiger partial charge in [0.2, 0.25) is 5.91 Å². The lowest BCUT2D eigenvalue weighted by Gasteiger charge is -2.31. The van der Waals surface area contributed by atoms with Crippen LogP contribution in [0.15, 0.2) is 71.3 Å². The van der Waals surface area contributed by atoms with Crippen LogP contribution in [-0.2, 0) is 9.59 Å². The van der Waals surface area contributed by atoms with E-state index in [0.717, 1.165) is 11.1 Å². The van der Waals surface area contributed by atoms with Crippen LogP contribution >= 0.6 is 0 Å². The van der Waals surface area contributed by atoms with E-state index in [1.165, 1.54) is 4.90 Å². The maximum Gasteiger partial charge on any atom is 0.254 e. The van der Waals surface area contributed by atoms with Gasteiger partial charge in [0, 0.05) is 29.8 Å². The summed E-state index contributed by atoms with van der Waals surface area (Å²) in [6, 6.07) is 18.1. The minimum absolute atomic E-state index is 0.0120. The summed E-state index contributed by atoms with van der Waals surface area (Å²) < 4.78 is 5.40. The van der Waals surface area contributed by atoms with E-state index in [2.05, 4.69) is 5.32 Å². The van der Waals surface area contributed by atoms with Crippen molar-refractivity contribution in [3.63, 3.8) is 0 Å². The fourth-order valence-corrected chi connectivity index (χ4v) is 3.59. The van der Waals surface area contributed by atoms with Crippen LogP contribution in [0.25, 0.3) is 11.3 Å². The van der Waals surface area contributed by atoms with Gasteiger partial charge in [-0.2, -0.15) is 0 Å². The van der Waals surface area contributed by atoms with E-state index < -0.39 is 5.92 Å². The number of nitrogens with zero attached hydrogens (tertiary/aromatic N) is 1. The molecule has 152 valence electrons. The first-order valence-corrected chi connectivity index (χ1v) is 9.82. The summed E-state index contributed by atoms with van der Waals surface area (Å²) in [5, 5.41) is 2.84. The van der Waals surface area contributed by atoms with Crippen molar-refractivity contribution in [2.45, 2.75) is 13.3 Å². The van der Waals surface area contributed by atoms with E-state index in [-0.39, 0.29) is 37.1 Å². The second-order valence-electron chi connectivity index (χ2n) is 7.54. The third kappa shape index (κ3) is 4.33. The van der Waals surface area contributed by atoms with Gasteiger partial charge in [0.15, 0.2) is 5.78 Å². The molecule has 1 saturated heterocycles. The molecule has 2 amide bonds. The number of hydrogen-bond donors (Lipinski definition) is 1. The second kappa shape index (κ2) is 8.37. The van der Waals surface area contributed by atoms with Crippen LogP contribution in [0.1, 0.15) is 22.3 Å². The summed E-state index contributed by atoms with van der Waals surface area (Å²) in [5.74, 6) is -0.570. The molecule has 2 heterocycles. The van der Waals surface area contributed by atoms with E-state index in [9.17, 15) is 14.4 Å². The van der Waals surface area contributed by atoms with E-state index in [1.807, 2.05) is 43.3 Å². The molecule has 2 aromatic carbocycles. The summed E-state index contributed by atoms with van der Waals surface area (Å²) in [7, 11) is 0. The highest BCUT2D eigenvalue weighted by Crippen LogP contribution is 2.23. The van der Waals surface area contributed by atoms with E-state index in [1.54, 1.807) is 30.5 Å². The summed E-state index contributed by atoms with van der Waals surface area (Å²) in [5.41, 5.74) is 3.00. The lowest BCUT2D eigenvalue weighted by molar-refractivity contribution is -0.130. The molecule has 1 atom stereocenters. The number of carbonyl (C=O) groups excluding carboxylic acids is 3. The number of rotatable bonds is 4. The Bertz CT molecular complexity index is 1070. The molecule has 0 radical (unpaired) electrons. The highest BCUT2D eigenvalue weighted by Gasteiger charge is 2.33. The van der Waals surface area contributed by atoms with Crippen molar-refractivity contribution in [2.75, 3.05) is 18.4 Å². The Morgan fingerprint density at radius 3 is 2.60 bits per heavy atom. The van der Waals surface area contributed by atoms with Crippen LogP contribution in [-0.4, -0.2) is 35.6 Å². The first kappa shape index (κ1) is 19.6. The van der Waals surface area contributed by atoms with Gasteiger partial charge >= 0.3 is 0 Å². The zero-order valence-corrected chi connectivity index (χ0v) is 16.6. The molecule has 3 aromatic rings. The molecule has 1 aromatic heterocycles. The second-order valence-corrected chi connectivity index (χ2v) is 7.54. The molecule has 0 aliphatic carbocycles. The van der Waals surface area contributed by atoms with Gasteiger partial charge in [0.05, 0.1) is 18.7 Å². The van der Waals surface area contributed by atoms with Crippen LogP contribution in [0.2, 0.25) is 0 Å². The van der Waals surface area contributed by atoms with Gasteiger partial charge in [-0.25, -0.2) is 0 Å². The topological polar surface area (TPSA) is 79.6 Å². The van der Waals surface area contributed by atoms with E-state index >= 15 is 0 Å². The Labute approximate surface area is 174 Å². The number of piperidine rings is 1. The van der Waals surface area contributed by atoms with Gasteiger partial charge in [-0.05, 0) is 43.3 Å². The average molecular weight is 402 g/mol. The molecule has 30 heavy (non-hydrogen) atoms. The van der Waals surface area contributed by atoms with Crippen LogP contribution in [0.3, 0.4) is 0 Å². The van der Waals surface area contributed by atoms with Crippen LogP contribution in [0.4, 0.5) is 5.69 Å². The largest absolute Gasteiger partial charge is 0.464 e.